The first kappa shape index (κ1) is 108. The number of hydrogen-bond donors (Lipinski definition) is 0. The van der Waals surface area contributed by atoms with Crippen LogP contribution in [0.1, 0.15) is 111 Å². The Balaban J connectivity index is 0.000000167. The van der Waals surface area contributed by atoms with Gasteiger partial charge in [0.1, 0.15) is 0 Å². The molecule has 140 heavy (non-hydrogen) atoms. The molecule has 5 nitrogen and oxygen atoms in total. The predicted molar refractivity (Wildman–Crippen MR) is 588 cm³/mol. The van der Waals surface area contributed by atoms with Crippen molar-refractivity contribution < 1.29 is 96.8 Å². The molecule has 0 aromatic heterocycles. The van der Waals surface area contributed by atoms with Crippen molar-refractivity contribution in [1.29, 1.82) is 0 Å². The van der Waals surface area contributed by atoms with Gasteiger partial charge >= 0.3 is 899 Å². The molecule has 15 aromatic carbocycles. The number of hydrogen-bond acceptors (Lipinski definition) is 5. The number of rotatable bonds is 30. The Morgan fingerprint density at radius 3 is 0.564 bits per heavy atom. The molecule has 0 N–H and O–H groups in total. The van der Waals surface area contributed by atoms with E-state index in [1.165, 1.54) is 197 Å². The first-order chi connectivity index (χ1) is 67.8. The van der Waals surface area contributed by atoms with Gasteiger partial charge in [-0.3, -0.25) is 0 Å². The van der Waals surface area contributed by atoms with Gasteiger partial charge in [0.25, 0.3) is 0 Å². The summed E-state index contributed by atoms with van der Waals surface area (Å²) in [6, 6.07) is 128. The molecule has 700 valence electrons. The Morgan fingerprint density at radius 1 is 0.171 bits per heavy atom. The van der Waals surface area contributed by atoms with E-state index in [-0.39, 0.29) is 0 Å². The van der Waals surface area contributed by atoms with Crippen LogP contribution in [0.3, 0.4) is 0 Å². The van der Waals surface area contributed by atoms with Crippen LogP contribution >= 0.6 is 0 Å². The van der Waals surface area contributed by atoms with Crippen molar-refractivity contribution >= 4 is 107 Å². The van der Waals surface area contributed by atoms with Gasteiger partial charge in [-0.2, -0.15) is 0 Å². The van der Waals surface area contributed by atoms with E-state index in [1.54, 1.807) is 0 Å². The number of aryl methyl sites for hydroxylation is 15. The van der Waals surface area contributed by atoms with Gasteiger partial charge in [0.05, 0.1) is 0 Å². The quantitative estimate of drug-likeness (QED) is 0.0253. The van der Waals surface area contributed by atoms with Crippen LogP contribution in [0.15, 0.2) is 425 Å². The molecule has 0 aliphatic carbocycles. The molecular formula is C130H120N5W5-5. The topological polar surface area (TPSA) is 16.2 Å². The Kier molecular flexibility index (Phi) is 43.7. The molecule has 15 aromatic rings. The van der Waals surface area contributed by atoms with Crippen molar-refractivity contribution in [2.45, 2.75) is 104 Å². The van der Waals surface area contributed by atoms with Crippen LogP contribution < -0.4 is 24.5 Å². The second-order valence-corrected chi connectivity index (χ2v) is 39.3. The van der Waals surface area contributed by atoms with E-state index in [0.29, 0.717) is 0 Å². The zero-order valence-corrected chi connectivity index (χ0v) is 97.2. The summed E-state index contributed by atoms with van der Waals surface area (Å²) in [4.78, 5) is 10.8. The van der Waals surface area contributed by atoms with Crippen LogP contribution in [-0.4, -0.2) is 22.0 Å². The van der Waals surface area contributed by atoms with Crippen LogP contribution in [0.4, 0.5) is 56.9 Å². The summed E-state index contributed by atoms with van der Waals surface area (Å²) < 4.78 is 10.6. The van der Waals surface area contributed by atoms with E-state index in [0.717, 1.165) is 95.9 Å². The molecule has 0 spiro atoms. The van der Waals surface area contributed by atoms with Crippen molar-refractivity contribution in [2.75, 3.05) is 24.5 Å². The van der Waals surface area contributed by atoms with Crippen molar-refractivity contribution in [3.8, 4) is 0 Å². The first-order valence-corrected chi connectivity index (χ1v) is 55.1. The third-order valence-corrected chi connectivity index (χ3v) is 25.3. The number of anilines is 10. The third kappa shape index (κ3) is 33.9. The SMILES string of the molecule is Cc1ccc(N([C-]=C(C=C[CH]=[W])c2cccc(C)c2)c2ccc(C)cc2)cc1.Cc1ccc(N([C-]=C(C=C[CH]=[W])c2cccc(C)c2)c2cccc(C)c2)cc1.Cc1ccc(N([C-]=C(C=C[CH]=[W])c2cccc(C)c2)c2ccccc2C)cc1.Cc1cccc(C(=[C-]N(c2cccc(C)c2)c2cccc(C)c2)C=C[CH]=[W])c1.Cc1cccc(C(=[C-]N(c2cccc(C)c2)c2ccccc2C)C=C[CH]=[W])c1. The monoisotopic (exact) mass is 2670 g/mol. The molecule has 0 aliphatic heterocycles. The summed E-state index contributed by atoms with van der Waals surface area (Å²) in [6.45, 7) is 31.8. The third-order valence-electron chi connectivity index (χ3n) is 22.4. The van der Waals surface area contributed by atoms with Crippen molar-refractivity contribution in [2.24, 2.45) is 0 Å². The van der Waals surface area contributed by atoms with Gasteiger partial charge in [0.15, 0.2) is 0 Å². The summed E-state index contributed by atoms with van der Waals surface area (Å²) in [7, 11) is 0. The van der Waals surface area contributed by atoms with Crippen LogP contribution in [0, 0.1) is 135 Å². The summed E-state index contributed by atoms with van der Waals surface area (Å²) in [5.41, 5.74) is 40.8. The molecule has 0 aliphatic rings. The molecule has 0 saturated heterocycles. The molecule has 0 unspecified atom stereocenters. The minimum absolute atomic E-state index is 1.06. The van der Waals surface area contributed by atoms with E-state index in [4.69, 9.17) is 0 Å². The molecule has 10 heteroatoms. The van der Waals surface area contributed by atoms with Gasteiger partial charge in [-0.25, -0.2) is 0 Å². The molecule has 0 heterocycles. The van der Waals surface area contributed by atoms with Gasteiger partial charge in [-0.05, 0) is 0 Å². The summed E-state index contributed by atoms with van der Waals surface area (Å²) in [5.74, 6) is 0. The van der Waals surface area contributed by atoms with Crippen LogP contribution in [-0.2, 0) is 96.8 Å². The Bertz CT molecular complexity index is 6950. The van der Waals surface area contributed by atoms with E-state index in [9.17, 15) is 0 Å². The van der Waals surface area contributed by atoms with Crippen molar-refractivity contribution in [3.63, 3.8) is 0 Å². The van der Waals surface area contributed by atoms with Gasteiger partial charge in [-0.15, -0.1) is 0 Å². The second kappa shape index (κ2) is 56.7. The molecule has 0 amide bonds. The molecule has 15 rings (SSSR count). The zero-order chi connectivity index (χ0) is 99.7. The predicted octanol–water partition coefficient (Wildman–Crippen LogP) is 32.5. The van der Waals surface area contributed by atoms with E-state index < -0.39 is 0 Å². The van der Waals surface area contributed by atoms with Crippen LogP contribution in [0.2, 0.25) is 0 Å². The van der Waals surface area contributed by atoms with Crippen LogP contribution in [0.25, 0.3) is 27.9 Å². The molecule has 0 fully saturated rings. The number of para-hydroxylation sites is 2. The summed E-state index contributed by atoms with van der Waals surface area (Å²) >= 11 is 7.17. The molecular weight excluding hydrogens is 2550 g/mol. The number of benzene rings is 15. The van der Waals surface area contributed by atoms with Crippen molar-refractivity contribution in [1.82, 2.24) is 0 Å². The second-order valence-electron chi connectivity index (χ2n) is 34.4. The maximum atomic E-state index is 3.69. The fourth-order valence-electron chi connectivity index (χ4n) is 15.2. The van der Waals surface area contributed by atoms with Gasteiger partial charge in [-0.1, -0.05) is 0 Å². The van der Waals surface area contributed by atoms with E-state index in [1.807, 2.05) is 0 Å². The number of nitrogens with zero attached hydrogens (tertiary/aromatic N) is 5. The average Bonchev–Trinajstić information content (AvgIpc) is 0.770. The van der Waals surface area contributed by atoms with Gasteiger partial charge < -0.3 is 0 Å². The molecule has 0 atom stereocenters. The number of allylic oxidation sites excluding steroid dienone is 15. The minimum atomic E-state index is 1.06. The Hall–Kier alpha value is -12.5. The standard InChI is InChI=1S/5C26H24N.5W/c1-5-9-24(23-13-6-10-20(2)16-23)19-27(25-14-7-11-21(3)17-25)26-15-8-12-22(4)18-26;1-5-8-24(23-11-6-9-21(3)17-23)19-27(25-15-13-20(2)14-16-25)26-12-7-10-22(4)18-26;1-5-10-24(23-14-8-11-20(2)17-23)19-27(25-15-9-12-21(3)18-25)26-16-7-6-13-22(26)4;1-5-9-24(23-12-8-10-21(3)18-23)19-27(25-16-14-20(2)15-17-25)26-13-7-6-11-22(26)4;1-5-7-24(23-9-6-8-22(4)18-23)19-27(25-14-10-20(2)11-15-25)26-16-12-21(3)13-17-26;;;;;/h5*1,5-18H,2-4H3;;;;;/q5*-1;;;;;. The Morgan fingerprint density at radius 2 is 0.350 bits per heavy atom. The van der Waals surface area contributed by atoms with Gasteiger partial charge in [0, 0.05) is 0 Å². The Labute approximate surface area is 890 Å². The van der Waals surface area contributed by atoms with Gasteiger partial charge in [0.2, 0.25) is 0 Å². The summed E-state index contributed by atoms with van der Waals surface area (Å²) in [5, 5.41) is 0. The molecule has 0 bridgehead atoms. The first-order valence-electron chi connectivity index (χ1n) is 46.6. The zero-order valence-electron chi connectivity index (χ0n) is 82.6. The maximum absolute atomic E-state index is 3.69. The summed E-state index contributed by atoms with van der Waals surface area (Å²) in [6.07, 6.45) is 39.6. The van der Waals surface area contributed by atoms with E-state index >= 15 is 0 Å². The fraction of sp³-hybridized carbons (Fsp3) is 0.115. The average molecular weight is 2670 g/mol. The molecule has 0 radical (unpaired) electrons. The normalized spacial score (nSPS) is 11.6. The fourth-order valence-corrected chi connectivity index (χ4v) is 16.6. The van der Waals surface area contributed by atoms with Crippen LogP contribution in [0.5, 0.6) is 0 Å². The van der Waals surface area contributed by atoms with Crippen molar-refractivity contribution in [3.05, 3.63) is 567 Å². The molecule has 0 saturated carbocycles. The van der Waals surface area contributed by atoms with E-state index in [2.05, 4.69) is 606 Å².